The molecule has 17 heavy (non-hydrogen) atoms. The van der Waals surface area contributed by atoms with Crippen LogP contribution in [0.25, 0.3) is 0 Å². The maximum Gasteiger partial charge on any atom is 0.0915 e. The van der Waals surface area contributed by atoms with E-state index in [1.165, 1.54) is 5.57 Å². The molecule has 0 heterocycles. The SMILES string of the molecule is CCC(C)(C)C1=CCC(O)(C(C)(C)CC)C=C1. The Kier molecular flexibility index (Phi) is 3.93. The monoisotopic (exact) mass is 236 g/mol. The maximum absolute atomic E-state index is 10.7. The standard InChI is InChI=1S/C16H28O/c1-7-14(3,4)13-9-11-16(17,12-10-13)15(5,6)8-2/h9-11,17H,7-8,12H2,1-6H3. The third kappa shape index (κ3) is 2.65. The number of hydrogen-bond donors (Lipinski definition) is 1. The fourth-order valence-corrected chi connectivity index (χ4v) is 2.14. The van der Waals surface area contributed by atoms with Gasteiger partial charge in [-0.15, -0.1) is 0 Å². The van der Waals surface area contributed by atoms with Crippen LogP contribution in [0.1, 0.15) is 60.8 Å². The zero-order valence-electron chi connectivity index (χ0n) is 12.3. The average Bonchev–Trinajstić information content (AvgIpc) is 2.29. The van der Waals surface area contributed by atoms with Gasteiger partial charge in [-0.2, -0.15) is 0 Å². The van der Waals surface area contributed by atoms with Crippen LogP contribution in [0.3, 0.4) is 0 Å². The summed E-state index contributed by atoms with van der Waals surface area (Å²) in [5.74, 6) is 0. The Bertz CT molecular complexity index is 333. The van der Waals surface area contributed by atoms with E-state index in [0.29, 0.717) is 0 Å². The van der Waals surface area contributed by atoms with Gasteiger partial charge in [0.2, 0.25) is 0 Å². The van der Waals surface area contributed by atoms with E-state index in [-0.39, 0.29) is 10.8 Å². The fraction of sp³-hybridized carbons (Fsp3) is 0.750. The molecule has 1 aliphatic rings. The van der Waals surface area contributed by atoms with Gasteiger partial charge in [0, 0.05) is 0 Å². The van der Waals surface area contributed by atoms with Crippen molar-refractivity contribution in [3.63, 3.8) is 0 Å². The quantitative estimate of drug-likeness (QED) is 0.763. The minimum absolute atomic E-state index is 0.0676. The van der Waals surface area contributed by atoms with Crippen molar-refractivity contribution >= 4 is 0 Å². The van der Waals surface area contributed by atoms with Crippen molar-refractivity contribution in [1.29, 1.82) is 0 Å². The summed E-state index contributed by atoms with van der Waals surface area (Å²) in [7, 11) is 0. The Hall–Kier alpha value is -0.560. The minimum Gasteiger partial charge on any atom is -0.385 e. The lowest BCUT2D eigenvalue weighted by Gasteiger charge is -2.42. The molecule has 0 fully saturated rings. The second kappa shape index (κ2) is 4.61. The predicted molar refractivity (Wildman–Crippen MR) is 74.9 cm³/mol. The van der Waals surface area contributed by atoms with Gasteiger partial charge in [-0.25, -0.2) is 0 Å². The van der Waals surface area contributed by atoms with Crippen LogP contribution < -0.4 is 0 Å². The van der Waals surface area contributed by atoms with Crippen LogP contribution in [0.2, 0.25) is 0 Å². The van der Waals surface area contributed by atoms with E-state index in [1.54, 1.807) is 0 Å². The molecule has 0 saturated heterocycles. The first kappa shape index (κ1) is 14.5. The molecular weight excluding hydrogens is 208 g/mol. The second-order valence-corrected chi connectivity index (χ2v) is 6.60. The molecule has 1 aliphatic carbocycles. The zero-order valence-corrected chi connectivity index (χ0v) is 12.3. The Morgan fingerprint density at radius 2 is 1.76 bits per heavy atom. The maximum atomic E-state index is 10.7. The van der Waals surface area contributed by atoms with Crippen LogP contribution in [-0.2, 0) is 0 Å². The largest absolute Gasteiger partial charge is 0.385 e. The Labute approximate surface area is 107 Å². The van der Waals surface area contributed by atoms with Crippen LogP contribution >= 0.6 is 0 Å². The summed E-state index contributed by atoms with van der Waals surface area (Å²) in [4.78, 5) is 0. The molecule has 0 saturated carbocycles. The van der Waals surface area contributed by atoms with Crippen molar-refractivity contribution in [2.24, 2.45) is 10.8 Å². The number of allylic oxidation sites excluding steroid dienone is 2. The van der Waals surface area contributed by atoms with Crippen molar-refractivity contribution in [1.82, 2.24) is 0 Å². The molecule has 0 radical (unpaired) electrons. The van der Waals surface area contributed by atoms with Gasteiger partial charge < -0.3 is 5.11 Å². The normalized spacial score (nSPS) is 25.9. The summed E-state index contributed by atoms with van der Waals surface area (Å²) in [5, 5.41) is 10.7. The molecule has 1 atom stereocenters. The molecular formula is C16H28O. The summed E-state index contributed by atoms with van der Waals surface area (Å²) in [6.07, 6.45) is 9.21. The Balaban J connectivity index is 2.91. The van der Waals surface area contributed by atoms with E-state index in [1.807, 2.05) is 6.08 Å². The molecule has 0 aromatic carbocycles. The first-order chi connectivity index (χ1) is 7.68. The topological polar surface area (TPSA) is 20.2 Å². The van der Waals surface area contributed by atoms with E-state index in [9.17, 15) is 5.11 Å². The smallest absolute Gasteiger partial charge is 0.0915 e. The number of aliphatic hydroxyl groups is 1. The van der Waals surface area contributed by atoms with Crippen molar-refractivity contribution in [2.45, 2.75) is 66.4 Å². The van der Waals surface area contributed by atoms with Crippen molar-refractivity contribution in [3.05, 3.63) is 23.8 Å². The zero-order chi connectivity index (χ0) is 13.3. The van der Waals surface area contributed by atoms with E-state index >= 15 is 0 Å². The summed E-state index contributed by atoms with van der Waals surface area (Å²) >= 11 is 0. The molecule has 1 unspecified atom stereocenters. The van der Waals surface area contributed by atoms with Crippen LogP contribution in [0.5, 0.6) is 0 Å². The molecule has 0 spiro atoms. The lowest BCUT2D eigenvalue weighted by Crippen LogP contribution is -2.43. The molecule has 1 nitrogen and oxygen atoms in total. The number of hydrogen-bond acceptors (Lipinski definition) is 1. The summed E-state index contributed by atoms with van der Waals surface area (Å²) in [5.41, 5.74) is 0.821. The molecule has 0 amide bonds. The van der Waals surface area contributed by atoms with Crippen molar-refractivity contribution in [3.8, 4) is 0 Å². The summed E-state index contributed by atoms with van der Waals surface area (Å²) < 4.78 is 0. The van der Waals surface area contributed by atoms with Gasteiger partial charge in [-0.3, -0.25) is 0 Å². The lowest BCUT2D eigenvalue weighted by atomic mass is 9.67. The molecule has 1 N–H and O–H groups in total. The second-order valence-electron chi connectivity index (χ2n) is 6.60. The lowest BCUT2D eigenvalue weighted by molar-refractivity contribution is -0.0255. The van der Waals surface area contributed by atoms with Gasteiger partial charge in [0.1, 0.15) is 0 Å². The van der Waals surface area contributed by atoms with Crippen molar-refractivity contribution < 1.29 is 5.11 Å². The summed E-state index contributed by atoms with van der Waals surface area (Å²) in [6.45, 7) is 13.2. The Morgan fingerprint density at radius 1 is 1.18 bits per heavy atom. The van der Waals surface area contributed by atoms with Crippen LogP contribution in [-0.4, -0.2) is 10.7 Å². The van der Waals surface area contributed by atoms with E-state index in [2.05, 4.69) is 53.7 Å². The van der Waals surface area contributed by atoms with Gasteiger partial charge in [0.15, 0.2) is 0 Å². The number of rotatable bonds is 4. The average molecular weight is 236 g/mol. The highest BCUT2D eigenvalue weighted by Gasteiger charge is 2.41. The van der Waals surface area contributed by atoms with Gasteiger partial charge in [-0.1, -0.05) is 59.8 Å². The highest BCUT2D eigenvalue weighted by atomic mass is 16.3. The minimum atomic E-state index is -0.685. The predicted octanol–water partition coefficient (Wildman–Crippen LogP) is 4.48. The third-order valence-corrected chi connectivity index (χ3v) is 4.89. The van der Waals surface area contributed by atoms with Gasteiger partial charge in [-0.05, 0) is 35.7 Å². The molecule has 1 rings (SSSR count). The highest BCUT2D eigenvalue weighted by molar-refractivity contribution is 5.33. The molecule has 0 aromatic rings. The van der Waals surface area contributed by atoms with E-state index < -0.39 is 5.60 Å². The molecule has 0 aliphatic heterocycles. The first-order valence-corrected chi connectivity index (χ1v) is 6.81. The van der Waals surface area contributed by atoms with Crippen LogP contribution in [0.15, 0.2) is 23.8 Å². The molecule has 98 valence electrons. The Morgan fingerprint density at radius 3 is 2.12 bits per heavy atom. The van der Waals surface area contributed by atoms with Gasteiger partial charge in [0.05, 0.1) is 5.60 Å². The van der Waals surface area contributed by atoms with Crippen LogP contribution in [0, 0.1) is 10.8 Å². The fourth-order valence-electron chi connectivity index (χ4n) is 2.14. The molecule has 1 heteroatoms. The van der Waals surface area contributed by atoms with Gasteiger partial charge >= 0.3 is 0 Å². The molecule has 0 bridgehead atoms. The molecule has 0 aromatic heterocycles. The first-order valence-electron chi connectivity index (χ1n) is 6.81. The van der Waals surface area contributed by atoms with Gasteiger partial charge in [0.25, 0.3) is 0 Å². The van der Waals surface area contributed by atoms with E-state index in [4.69, 9.17) is 0 Å². The highest BCUT2D eigenvalue weighted by Crippen LogP contribution is 2.43. The van der Waals surface area contributed by atoms with E-state index in [0.717, 1.165) is 19.3 Å². The third-order valence-electron chi connectivity index (χ3n) is 4.89. The van der Waals surface area contributed by atoms with Crippen LogP contribution in [0.4, 0.5) is 0 Å². The summed E-state index contributed by atoms with van der Waals surface area (Å²) in [6, 6.07) is 0. The van der Waals surface area contributed by atoms with Crippen molar-refractivity contribution in [2.75, 3.05) is 0 Å².